The maximum atomic E-state index is 11.1. The lowest BCUT2D eigenvalue weighted by Gasteiger charge is -2.03. The van der Waals surface area contributed by atoms with Gasteiger partial charge in [0.2, 0.25) is 5.56 Å². The summed E-state index contributed by atoms with van der Waals surface area (Å²) in [6.45, 7) is 0. The number of rotatable bonds is 2. The average molecular weight is 200 g/mol. The molecule has 0 fully saturated rings. The highest BCUT2D eigenvalue weighted by Gasteiger charge is 1.97. The Labute approximate surface area is 87.8 Å². The molecule has 0 aliphatic rings. The van der Waals surface area contributed by atoms with Crippen LogP contribution in [0, 0.1) is 0 Å². The van der Waals surface area contributed by atoms with Gasteiger partial charge in [-0.3, -0.25) is 4.79 Å². The molecule has 1 aromatic heterocycles. The topological polar surface area (TPSA) is 44.9 Å². The fraction of sp³-hybridized carbons (Fsp3) is 0.0833. The SMILES string of the molecule is CNc1ccc(-c2cccc(=O)[nH]2)cc1. The molecule has 1 aromatic carbocycles. The van der Waals surface area contributed by atoms with Crippen LogP contribution < -0.4 is 10.9 Å². The van der Waals surface area contributed by atoms with Crippen molar-refractivity contribution in [2.45, 2.75) is 0 Å². The molecule has 2 N–H and O–H groups in total. The van der Waals surface area contributed by atoms with E-state index in [-0.39, 0.29) is 5.56 Å². The normalized spacial score (nSPS) is 9.93. The van der Waals surface area contributed by atoms with Gasteiger partial charge < -0.3 is 10.3 Å². The smallest absolute Gasteiger partial charge is 0.248 e. The number of anilines is 1. The Bertz CT molecular complexity index is 500. The molecule has 15 heavy (non-hydrogen) atoms. The predicted octanol–water partition coefficient (Wildman–Crippen LogP) is 2.08. The molecule has 0 unspecified atom stereocenters. The van der Waals surface area contributed by atoms with Crippen molar-refractivity contribution in [3.8, 4) is 11.3 Å². The first-order valence-corrected chi connectivity index (χ1v) is 4.77. The van der Waals surface area contributed by atoms with Gasteiger partial charge in [0.1, 0.15) is 0 Å². The minimum Gasteiger partial charge on any atom is -0.388 e. The van der Waals surface area contributed by atoms with E-state index in [0.29, 0.717) is 0 Å². The van der Waals surface area contributed by atoms with E-state index in [1.807, 2.05) is 37.4 Å². The number of hydrogen-bond donors (Lipinski definition) is 2. The average Bonchev–Trinajstić information content (AvgIpc) is 2.29. The minimum atomic E-state index is -0.0785. The van der Waals surface area contributed by atoms with Crippen molar-refractivity contribution < 1.29 is 0 Å². The number of nitrogens with one attached hydrogen (secondary N) is 2. The summed E-state index contributed by atoms with van der Waals surface area (Å²) in [7, 11) is 1.87. The van der Waals surface area contributed by atoms with Crippen LogP contribution in [-0.4, -0.2) is 12.0 Å². The monoisotopic (exact) mass is 200 g/mol. The van der Waals surface area contributed by atoms with Crippen molar-refractivity contribution in [1.82, 2.24) is 4.98 Å². The largest absolute Gasteiger partial charge is 0.388 e. The van der Waals surface area contributed by atoms with Gasteiger partial charge in [0.25, 0.3) is 0 Å². The molecule has 76 valence electrons. The second-order valence-corrected chi connectivity index (χ2v) is 3.26. The minimum absolute atomic E-state index is 0.0785. The van der Waals surface area contributed by atoms with Crippen LogP contribution in [0.25, 0.3) is 11.3 Å². The summed E-state index contributed by atoms with van der Waals surface area (Å²) < 4.78 is 0. The van der Waals surface area contributed by atoms with Crippen molar-refractivity contribution in [2.75, 3.05) is 12.4 Å². The molecular formula is C12H12N2O. The Kier molecular flexibility index (Phi) is 2.54. The molecule has 0 amide bonds. The van der Waals surface area contributed by atoms with Crippen molar-refractivity contribution in [1.29, 1.82) is 0 Å². The van der Waals surface area contributed by atoms with Crippen LogP contribution in [0.5, 0.6) is 0 Å². The van der Waals surface area contributed by atoms with E-state index in [4.69, 9.17) is 0 Å². The summed E-state index contributed by atoms with van der Waals surface area (Å²) in [6, 6.07) is 13.0. The zero-order chi connectivity index (χ0) is 10.7. The summed E-state index contributed by atoms with van der Waals surface area (Å²) in [5.41, 5.74) is 2.82. The number of benzene rings is 1. The molecular weight excluding hydrogens is 188 g/mol. The summed E-state index contributed by atoms with van der Waals surface area (Å²) in [5.74, 6) is 0. The lowest BCUT2D eigenvalue weighted by atomic mass is 10.1. The molecule has 3 heteroatoms. The van der Waals surface area contributed by atoms with Crippen LogP contribution in [0.1, 0.15) is 0 Å². The lowest BCUT2D eigenvalue weighted by molar-refractivity contribution is 1.24. The maximum Gasteiger partial charge on any atom is 0.248 e. The number of hydrogen-bond acceptors (Lipinski definition) is 2. The number of aromatic nitrogens is 1. The standard InChI is InChI=1S/C12H12N2O/c1-13-10-7-5-9(6-8-10)11-3-2-4-12(15)14-11/h2-8,13H,1H3,(H,14,15). The molecule has 1 heterocycles. The highest BCUT2D eigenvalue weighted by atomic mass is 16.1. The van der Waals surface area contributed by atoms with Crippen molar-refractivity contribution in [3.63, 3.8) is 0 Å². The van der Waals surface area contributed by atoms with Gasteiger partial charge in [-0.25, -0.2) is 0 Å². The Morgan fingerprint density at radius 1 is 1.07 bits per heavy atom. The predicted molar refractivity (Wildman–Crippen MR) is 62.0 cm³/mol. The second-order valence-electron chi connectivity index (χ2n) is 3.26. The summed E-state index contributed by atoms with van der Waals surface area (Å²) in [4.78, 5) is 13.9. The second kappa shape index (κ2) is 4.00. The van der Waals surface area contributed by atoms with Gasteiger partial charge in [0.05, 0.1) is 0 Å². The summed E-state index contributed by atoms with van der Waals surface area (Å²) in [6.07, 6.45) is 0. The van der Waals surface area contributed by atoms with Crippen molar-refractivity contribution >= 4 is 5.69 Å². The zero-order valence-corrected chi connectivity index (χ0v) is 8.45. The van der Waals surface area contributed by atoms with Gasteiger partial charge in [-0.05, 0) is 23.8 Å². The molecule has 0 saturated carbocycles. The first-order chi connectivity index (χ1) is 7.29. The van der Waals surface area contributed by atoms with Crippen LogP contribution in [0.4, 0.5) is 5.69 Å². The van der Waals surface area contributed by atoms with Crippen LogP contribution in [0.3, 0.4) is 0 Å². The van der Waals surface area contributed by atoms with Gasteiger partial charge in [-0.1, -0.05) is 18.2 Å². The van der Waals surface area contributed by atoms with E-state index < -0.39 is 0 Å². The molecule has 0 aliphatic heterocycles. The molecule has 0 spiro atoms. The third-order valence-electron chi connectivity index (χ3n) is 2.25. The molecule has 0 atom stereocenters. The maximum absolute atomic E-state index is 11.1. The molecule has 0 radical (unpaired) electrons. The molecule has 3 nitrogen and oxygen atoms in total. The first-order valence-electron chi connectivity index (χ1n) is 4.77. The Hall–Kier alpha value is -2.03. The van der Waals surface area contributed by atoms with E-state index in [9.17, 15) is 4.79 Å². The van der Waals surface area contributed by atoms with Crippen LogP contribution in [-0.2, 0) is 0 Å². The fourth-order valence-electron chi connectivity index (χ4n) is 1.43. The van der Waals surface area contributed by atoms with Gasteiger partial charge in [0.15, 0.2) is 0 Å². The van der Waals surface area contributed by atoms with E-state index in [1.54, 1.807) is 6.07 Å². The van der Waals surface area contributed by atoms with Crippen LogP contribution in [0.15, 0.2) is 47.3 Å². The van der Waals surface area contributed by atoms with E-state index in [0.717, 1.165) is 16.9 Å². The highest BCUT2D eigenvalue weighted by molar-refractivity contribution is 5.62. The molecule has 0 aliphatic carbocycles. The van der Waals surface area contributed by atoms with E-state index in [2.05, 4.69) is 10.3 Å². The molecule has 0 bridgehead atoms. The Morgan fingerprint density at radius 3 is 2.40 bits per heavy atom. The number of H-pyrrole nitrogens is 1. The van der Waals surface area contributed by atoms with Crippen LogP contribution >= 0.6 is 0 Å². The van der Waals surface area contributed by atoms with E-state index >= 15 is 0 Å². The van der Waals surface area contributed by atoms with E-state index in [1.165, 1.54) is 6.07 Å². The quantitative estimate of drug-likeness (QED) is 0.779. The third kappa shape index (κ3) is 2.07. The first kappa shape index (κ1) is 9.52. The van der Waals surface area contributed by atoms with Gasteiger partial charge in [-0.15, -0.1) is 0 Å². The fourth-order valence-corrected chi connectivity index (χ4v) is 1.43. The zero-order valence-electron chi connectivity index (χ0n) is 8.45. The van der Waals surface area contributed by atoms with Crippen molar-refractivity contribution in [3.05, 3.63) is 52.8 Å². The number of aromatic amines is 1. The highest BCUT2D eigenvalue weighted by Crippen LogP contribution is 2.17. The molecule has 2 aromatic rings. The Morgan fingerprint density at radius 2 is 1.80 bits per heavy atom. The third-order valence-corrected chi connectivity index (χ3v) is 2.25. The lowest BCUT2D eigenvalue weighted by Crippen LogP contribution is -2.03. The van der Waals surface area contributed by atoms with Gasteiger partial charge in [-0.2, -0.15) is 0 Å². The van der Waals surface area contributed by atoms with Crippen LogP contribution in [0.2, 0.25) is 0 Å². The molecule has 2 rings (SSSR count). The molecule has 0 saturated heterocycles. The van der Waals surface area contributed by atoms with Crippen molar-refractivity contribution in [2.24, 2.45) is 0 Å². The summed E-state index contributed by atoms with van der Waals surface area (Å²) in [5, 5.41) is 3.05. The summed E-state index contributed by atoms with van der Waals surface area (Å²) >= 11 is 0. The Balaban J connectivity index is 2.41. The van der Waals surface area contributed by atoms with Gasteiger partial charge >= 0.3 is 0 Å². The number of pyridine rings is 1. The van der Waals surface area contributed by atoms with Gasteiger partial charge in [0, 0.05) is 24.5 Å².